The van der Waals surface area contributed by atoms with E-state index < -0.39 is 5.60 Å². The Balaban J connectivity index is 1.74. The van der Waals surface area contributed by atoms with Gasteiger partial charge >= 0.3 is 5.97 Å². The normalized spacial score (nSPS) is 20.5. The molecule has 3 unspecified atom stereocenters. The highest BCUT2D eigenvalue weighted by molar-refractivity contribution is 5.76. The van der Waals surface area contributed by atoms with Gasteiger partial charge in [0, 0.05) is 0 Å². The molecule has 0 N–H and O–H groups in total. The van der Waals surface area contributed by atoms with Gasteiger partial charge in [0.2, 0.25) is 0 Å². The third-order valence-electron chi connectivity index (χ3n) is 6.15. The first kappa shape index (κ1) is 20.4. The molecule has 1 aliphatic rings. The van der Waals surface area contributed by atoms with Crippen LogP contribution in [0.2, 0.25) is 0 Å². The number of ether oxygens (including phenoxy) is 2. The zero-order valence-electron chi connectivity index (χ0n) is 17.5. The minimum atomic E-state index is -0.745. The first-order valence-corrected chi connectivity index (χ1v) is 10.7. The van der Waals surface area contributed by atoms with Gasteiger partial charge in [0.05, 0.1) is 19.1 Å². The predicted octanol–water partition coefficient (Wildman–Crippen LogP) is 5.44. The van der Waals surface area contributed by atoms with Crippen LogP contribution in [0.1, 0.15) is 30.5 Å². The zero-order chi connectivity index (χ0) is 21.0. The van der Waals surface area contributed by atoms with E-state index >= 15 is 0 Å². The molecule has 0 bridgehead atoms. The molecular formula is C27H28O3. The van der Waals surface area contributed by atoms with Gasteiger partial charge in [-0.1, -0.05) is 97.9 Å². The second-order valence-electron chi connectivity index (χ2n) is 7.89. The minimum absolute atomic E-state index is 0.0787. The Morgan fingerprint density at radius 1 is 0.800 bits per heavy atom. The molecule has 4 rings (SSSR count). The zero-order valence-corrected chi connectivity index (χ0v) is 17.5. The molecule has 3 nitrogen and oxygen atoms in total. The van der Waals surface area contributed by atoms with Crippen LogP contribution in [0.15, 0.2) is 91.0 Å². The van der Waals surface area contributed by atoms with Gasteiger partial charge in [-0.2, -0.15) is 0 Å². The molecular weight excluding hydrogens is 372 g/mol. The van der Waals surface area contributed by atoms with Crippen molar-refractivity contribution in [3.05, 3.63) is 108 Å². The molecule has 1 saturated carbocycles. The number of rotatable bonds is 8. The lowest BCUT2D eigenvalue weighted by molar-refractivity contribution is -0.145. The fourth-order valence-electron chi connectivity index (χ4n) is 4.42. The van der Waals surface area contributed by atoms with Crippen molar-refractivity contribution in [2.45, 2.75) is 19.4 Å². The Bertz CT molecular complexity index is 857. The van der Waals surface area contributed by atoms with Gasteiger partial charge in [-0.15, -0.1) is 0 Å². The summed E-state index contributed by atoms with van der Waals surface area (Å²) in [4.78, 5) is 12.3. The van der Waals surface area contributed by atoms with E-state index in [1.165, 1.54) is 0 Å². The predicted molar refractivity (Wildman–Crippen MR) is 118 cm³/mol. The standard InChI is InChI=1S/C27H28O3/c1-3-29-26(28)25-20(2)24(25)19-30-27(21-13-7-4-8-14-21,22-15-9-5-10-16-22)23-17-11-6-12-18-23/h4-18,20,24-25H,3,19H2,1-2H3. The van der Waals surface area contributed by atoms with Crippen LogP contribution in [0.4, 0.5) is 0 Å². The van der Waals surface area contributed by atoms with Gasteiger partial charge in [-0.3, -0.25) is 4.79 Å². The van der Waals surface area contributed by atoms with Gasteiger partial charge in [0.15, 0.2) is 0 Å². The molecule has 0 amide bonds. The number of carbonyl (C=O) groups is 1. The quantitative estimate of drug-likeness (QED) is 0.373. The van der Waals surface area contributed by atoms with E-state index in [0.717, 1.165) is 16.7 Å². The van der Waals surface area contributed by atoms with Crippen LogP contribution in [0.3, 0.4) is 0 Å². The van der Waals surface area contributed by atoms with E-state index in [4.69, 9.17) is 9.47 Å². The SMILES string of the molecule is CCOC(=O)C1C(C)C1COC(c1ccccc1)(c1ccccc1)c1ccccc1. The molecule has 0 aromatic heterocycles. The summed E-state index contributed by atoms with van der Waals surface area (Å²) >= 11 is 0. The van der Waals surface area contributed by atoms with Gasteiger partial charge in [0.25, 0.3) is 0 Å². The number of hydrogen-bond donors (Lipinski definition) is 0. The van der Waals surface area contributed by atoms with Crippen molar-refractivity contribution in [2.75, 3.05) is 13.2 Å². The van der Waals surface area contributed by atoms with Gasteiger partial charge in [0.1, 0.15) is 5.60 Å². The molecule has 154 valence electrons. The van der Waals surface area contributed by atoms with Crippen molar-refractivity contribution in [1.29, 1.82) is 0 Å². The van der Waals surface area contributed by atoms with Crippen LogP contribution in [0, 0.1) is 17.8 Å². The summed E-state index contributed by atoms with van der Waals surface area (Å²) in [6.45, 7) is 4.85. The molecule has 0 spiro atoms. The lowest BCUT2D eigenvalue weighted by Gasteiger charge is -2.36. The molecule has 3 atom stereocenters. The second-order valence-corrected chi connectivity index (χ2v) is 7.89. The van der Waals surface area contributed by atoms with Crippen LogP contribution >= 0.6 is 0 Å². The fourth-order valence-corrected chi connectivity index (χ4v) is 4.42. The van der Waals surface area contributed by atoms with E-state index in [1.54, 1.807) is 0 Å². The number of esters is 1. The maximum absolute atomic E-state index is 12.3. The fraction of sp³-hybridized carbons (Fsp3) is 0.296. The lowest BCUT2D eigenvalue weighted by Crippen LogP contribution is -2.34. The molecule has 0 saturated heterocycles. The highest BCUT2D eigenvalue weighted by atomic mass is 16.5. The molecule has 30 heavy (non-hydrogen) atoms. The molecule has 3 aromatic carbocycles. The second kappa shape index (κ2) is 8.85. The van der Waals surface area contributed by atoms with E-state index in [9.17, 15) is 4.79 Å². The van der Waals surface area contributed by atoms with Crippen molar-refractivity contribution in [3.8, 4) is 0 Å². The van der Waals surface area contributed by atoms with E-state index in [-0.39, 0.29) is 23.7 Å². The number of carbonyl (C=O) groups excluding carboxylic acids is 1. The molecule has 1 aliphatic carbocycles. The molecule has 3 aromatic rings. The highest BCUT2D eigenvalue weighted by Gasteiger charge is 2.54. The summed E-state index contributed by atoms with van der Waals surface area (Å²) in [5.41, 5.74) is 2.47. The van der Waals surface area contributed by atoms with Crippen LogP contribution < -0.4 is 0 Å². The smallest absolute Gasteiger partial charge is 0.309 e. The van der Waals surface area contributed by atoms with Gasteiger partial charge in [-0.05, 0) is 35.4 Å². The molecule has 3 heteroatoms. The van der Waals surface area contributed by atoms with Crippen LogP contribution in [-0.4, -0.2) is 19.2 Å². The first-order chi connectivity index (χ1) is 14.7. The Hall–Kier alpha value is -2.91. The number of hydrogen-bond acceptors (Lipinski definition) is 3. The van der Waals surface area contributed by atoms with E-state index in [2.05, 4.69) is 43.3 Å². The summed E-state index contributed by atoms with van der Waals surface area (Å²) in [7, 11) is 0. The van der Waals surface area contributed by atoms with E-state index in [1.807, 2.05) is 61.5 Å². The van der Waals surface area contributed by atoms with Gasteiger partial charge < -0.3 is 9.47 Å². The largest absolute Gasteiger partial charge is 0.466 e. The summed E-state index contributed by atoms with van der Waals surface area (Å²) in [5, 5.41) is 0. The first-order valence-electron chi connectivity index (χ1n) is 10.7. The molecule has 0 aliphatic heterocycles. The Morgan fingerprint density at radius 3 is 1.63 bits per heavy atom. The summed E-state index contributed by atoms with van der Waals surface area (Å²) < 4.78 is 12.1. The minimum Gasteiger partial charge on any atom is -0.466 e. The van der Waals surface area contributed by atoms with Crippen LogP contribution in [-0.2, 0) is 19.9 Å². The summed E-state index contributed by atoms with van der Waals surface area (Å²) in [6.07, 6.45) is 0. The number of benzene rings is 3. The third kappa shape index (κ3) is 3.78. The Labute approximate surface area is 178 Å². The van der Waals surface area contributed by atoms with Crippen LogP contribution in [0.5, 0.6) is 0 Å². The summed E-state index contributed by atoms with van der Waals surface area (Å²) in [6, 6.07) is 31.0. The van der Waals surface area contributed by atoms with E-state index in [0.29, 0.717) is 13.2 Å². The van der Waals surface area contributed by atoms with Crippen molar-refractivity contribution < 1.29 is 14.3 Å². The van der Waals surface area contributed by atoms with Crippen molar-refractivity contribution in [1.82, 2.24) is 0 Å². The lowest BCUT2D eigenvalue weighted by atomic mass is 9.80. The Morgan fingerprint density at radius 2 is 1.23 bits per heavy atom. The molecule has 0 heterocycles. The average molecular weight is 401 g/mol. The van der Waals surface area contributed by atoms with Crippen molar-refractivity contribution in [2.24, 2.45) is 17.8 Å². The highest BCUT2D eigenvalue weighted by Crippen LogP contribution is 2.49. The summed E-state index contributed by atoms with van der Waals surface area (Å²) in [5.74, 6) is 0.247. The van der Waals surface area contributed by atoms with Crippen molar-refractivity contribution >= 4 is 5.97 Å². The van der Waals surface area contributed by atoms with Gasteiger partial charge in [-0.25, -0.2) is 0 Å². The average Bonchev–Trinajstić information content (AvgIpc) is 3.46. The third-order valence-corrected chi connectivity index (χ3v) is 6.15. The monoisotopic (exact) mass is 400 g/mol. The topological polar surface area (TPSA) is 35.5 Å². The molecule has 1 fully saturated rings. The Kier molecular flexibility index (Phi) is 6.01. The maximum Gasteiger partial charge on any atom is 0.309 e. The molecule has 0 radical (unpaired) electrons. The van der Waals surface area contributed by atoms with Crippen molar-refractivity contribution in [3.63, 3.8) is 0 Å². The van der Waals surface area contributed by atoms with Crippen LogP contribution in [0.25, 0.3) is 0 Å². The maximum atomic E-state index is 12.3.